The van der Waals surface area contributed by atoms with E-state index in [0.29, 0.717) is 12.1 Å². The Morgan fingerprint density at radius 2 is 1.83 bits per heavy atom. The number of carboxylic acids is 2. The Labute approximate surface area is 171 Å². The van der Waals surface area contributed by atoms with E-state index in [-0.39, 0.29) is 55.5 Å². The SMILES string of the molecule is O=C(O)CCOCCOCCNc1cc2c(cc1F)c(=O)c(C(=O)O)cn2C1CC1. The van der Waals surface area contributed by atoms with Gasteiger partial charge in [0.2, 0.25) is 5.43 Å². The second-order valence-corrected chi connectivity index (χ2v) is 6.96. The zero-order valence-corrected chi connectivity index (χ0v) is 16.2. The molecule has 30 heavy (non-hydrogen) atoms. The van der Waals surface area contributed by atoms with Gasteiger partial charge in [-0.15, -0.1) is 0 Å². The molecule has 1 aromatic carbocycles. The van der Waals surface area contributed by atoms with Crippen molar-refractivity contribution in [2.45, 2.75) is 25.3 Å². The van der Waals surface area contributed by atoms with Crippen LogP contribution in [-0.2, 0) is 14.3 Å². The van der Waals surface area contributed by atoms with Gasteiger partial charge in [0, 0.05) is 24.2 Å². The lowest BCUT2D eigenvalue weighted by molar-refractivity contribution is -0.138. The molecule has 0 radical (unpaired) electrons. The lowest BCUT2D eigenvalue weighted by atomic mass is 10.1. The Morgan fingerprint density at radius 3 is 2.47 bits per heavy atom. The molecule has 0 unspecified atom stereocenters. The summed E-state index contributed by atoms with van der Waals surface area (Å²) < 4.78 is 26.7. The van der Waals surface area contributed by atoms with Gasteiger partial charge in [-0.05, 0) is 25.0 Å². The molecule has 1 aliphatic carbocycles. The van der Waals surface area contributed by atoms with Crippen LogP contribution in [0.5, 0.6) is 0 Å². The molecule has 1 aliphatic rings. The van der Waals surface area contributed by atoms with Gasteiger partial charge in [-0.3, -0.25) is 9.59 Å². The fraction of sp³-hybridized carbons (Fsp3) is 0.450. The third-order valence-corrected chi connectivity index (χ3v) is 4.69. The normalized spacial score (nSPS) is 13.5. The van der Waals surface area contributed by atoms with Crippen LogP contribution in [0.2, 0.25) is 0 Å². The van der Waals surface area contributed by atoms with Crippen LogP contribution >= 0.6 is 0 Å². The highest BCUT2D eigenvalue weighted by Gasteiger charge is 2.27. The van der Waals surface area contributed by atoms with E-state index in [2.05, 4.69) is 5.32 Å². The van der Waals surface area contributed by atoms with Gasteiger partial charge >= 0.3 is 11.9 Å². The number of aromatic nitrogens is 1. The van der Waals surface area contributed by atoms with Crippen molar-refractivity contribution in [2.75, 3.05) is 38.3 Å². The van der Waals surface area contributed by atoms with Gasteiger partial charge in [-0.2, -0.15) is 0 Å². The first kappa shape index (κ1) is 21.7. The largest absolute Gasteiger partial charge is 0.481 e. The molecule has 0 saturated heterocycles. The molecule has 0 amide bonds. The number of benzene rings is 1. The van der Waals surface area contributed by atoms with E-state index in [1.54, 1.807) is 4.57 Å². The van der Waals surface area contributed by atoms with Crippen LogP contribution in [0.3, 0.4) is 0 Å². The third-order valence-electron chi connectivity index (χ3n) is 4.69. The maximum Gasteiger partial charge on any atom is 0.341 e. The van der Waals surface area contributed by atoms with E-state index in [1.165, 1.54) is 12.3 Å². The molecule has 0 spiro atoms. The van der Waals surface area contributed by atoms with E-state index >= 15 is 0 Å². The number of nitrogens with one attached hydrogen (secondary N) is 1. The van der Waals surface area contributed by atoms with Gasteiger partial charge in [0.25, 0.3) is 0 Å². The van der Waals surface area contributed by atoms with Crippen molar-refractivity contribution in [3.63, 3.8) is 0 Å². The lowest BCUT2D eigenvalue weighted by Gasteiger charge is -2.14. The molecule has 1 saturated carbocycles. The number of hydrogen-bond acceptors (Lipinski definition) is 6. The molecule has 10 heteroatoms. The van der Waals surface area contributed by atoms with Gasteiger partial charge in [-0.25, -0.2) is 9.18 Å². The highest BCUT2D eigenvalue weighted by atomic mass is 19.1. The first-order valence-corrected chi connectivity index (χ1v) is 9.61. The summed E-state index contributed by atoms with van der Waals surface area (Å²) in [6.07, 6.45) is 3.02. The molecule has 0 aliphatic heterocycles. The molecule has 3 rings (SSSR count). The summed E-state index contributed by atoms with van der Waals surface area (Å²) in [5.74, 6) is -2.91. The Bertz CT molecular complexity index is 1000. The number of ether oxygens (including phenoxy) is 2. The zero-order chi connectivity index (χ0) is 21.7. The molecule has 1 heterocycles. The number of nitrogens with zero attached hydrogens (tertiary/aromatic N) is 1. The van der Waals surface area contributed by atoms with Crippen LogP contribution in [0.1, 0.15) is 35.7 Å². The molecule has 0 bridgehead atoms. The molecule has 1 fully saturated rings. The summed E-state index contributed by atoms with van der Waals surface area (Å²) in [5, 5.41) is 20.7. The number of anilines is 1. The topological polar surface area (TPSA) is 127 Å². The van der Waals surface area contributed by atoms with E-state index in [0.717, 1.165) is 18.9 Å². The quantitative estimate of drug-likeness (QED) is 0.444. The predicted octanol–water partition coefficient (Wildman–Crippen LogP) is 2.09. The number of halogens is 1. The van der Waals surface area contributed by atoms with Gasteiger partial charge in [0.1, 0.15) is 11.4 Å². The highest BCUT2D eigenvalue weighted by molar-refractivity contribution is 5.93. The van der Waals surface area contributed by atoms with E-state index in [9.17, 15) is 23.9 Å². The van der Waals surface area contributed by atoms with Crippen LogP contribution < -0.4 is 10.7 Å². The first-order chi connectivity index (χ1) is 14.4. The summed E-state index contributed by atoms with van der Waals surface area (Å²) in [4.78, 5) is 34.1. The summed E-state index contributed by atoms with van der Waals surface area (Å²) in [6.45, 7) is 1.23. The van der Waals surface area contributed by atoms with Crippen LogP contribution in [0.25, 0.3) is 10.9 Å². The number of fused-ring (bicyclic) bond motifs is 1. The van der Waals surface area contributed by atoms with Crippen LogP contribution in [0.15, 0.2) is 23.1 Å². The highest BCUT2D eigenvalue weighted by Crippen LogP contribution is 2.37. The molecule has 1 aromatic heterocycles. The fourth-order valence-electron chi connectivity index (χ4n) is 3.05. The molecule has 2 aromatic rings. The molecule has 9 nitrogen and oxygen atoms in total. The maximum absolute atomic E-state index is 14.5. The summed E-state index contributed by atoms with van der Waals surface area (Å²) >= 11 is 0. The Hall–Kier alpha value is -2.98. The predicted molar refractivity (Wildman–Crippen MR) is 106 cm³/mol. The second kappa shape index (κ2) is 9.68. The smallest absolute Gasteiger partial charge is 0.341 e. The zero-order valence-electron chi connectivity index (χ0n) is 16.2. The lowest BCUT2D eigenvalue weighted by Crippen LogP contribution is -2.19. The van der Waals surface area contributed by atoms with Crippen molar-refractivity contribution in [2.24, 2.45) is 0 Å². The second-order valence-electron chi connectivity index (χ2n) is 6.96. The van der Waals surface area contributed by atoms with Gasteiger partial charge in [0.15, 0.2) is 0 Å². The molecular formula is C20H23FN2O7. The standard InChI is InChI=1S/C20H23FN2O7/c21-15-9-13-17(23(12-1-2-12)11-14(19(13)26)20(27)28)10-16(15)22-4-6-30-8-7-29-5-3-18(24)25/h9-12,22H,1-8H2,(H,24,25)(H,27,28). The molecule has 3 N–H and O–H groups in total. The number of rotatable bonds is 12. The molecule has 0 atom stereocenters. The van der Waals surface area contributed by atoms with Crippen molar-refractivity contribution >= 4 is 28.5 Å². The van der Waals surface area contributed by atoms with Crippen molar-refractivity contribution in [3.8, 4) is 0 Å². The van der Waals surface area contributed by atoms with Gasteiger partial charge in [0.05, 0.1) is 44.1 Å². The van der Waals surface area contributed by atoms with Crippen molar-refractivity contribution in [1.29, 1.82) is 0 Å². The monoisotopic (exact) mass is 422 g/mol. The van der Waals surface area contributed by atoms with Crippen molar-refractivity contribution < 1.29 is 33.7 Å². The average molecular weight is 422 g/mol. The number of aliphatic carboxylic acids is 1. The van der Waals surface area contributed by atoms with Crippen LogP contribution in [0, 0.1) is 5.82 Å². The van der Waals surface area contributed by atoms with Crippen LogP contribution in [0.4, 0.5) is 10.1 Å². The molecule has 162 valence electrons. The minimum Gasteiger partial charge on any atom is -0.481 e. The minimum absolute atomic E-state index is 0.0413. The first-order valence-electron chi connectivity index (χ1n) is 9.61. The number of aromatic carboxylic acids is 1. The van der Waals surface area contributed by atoms with E-state index in [1.807, 2.05) is 0 Å². The Morgan fingerprint density at radius 1 is 1.13 bits per heavy atom. The maximum atomic E-state index is 14.5. The summed E-state index contributed by atoms with van der Waals surface area (Å²) in [5.41, 5.74) is -0.385. The Kier molecular flexibility index (Phi) is 7.01. The fourth-order valence-corrected chi connectivity index (χ4v) is 3.05. The number of hydrogen-bond donors (Lipinski definition) is 3. The molecular weight excluding hydrogens is 399 g/mol. The third kappa shape index (κ3) is 5.33. The van der Waals surface area contributed by atoms with Crippen LogP contribution in [-0.4, -0.2) is 59.7 Å². The van der Waals surface area contributed by atoms with E-state index in [4.69, 9.17) is 14.6 Å². The number of carbonyl (C=O) groups is 2. The Balaban J connectivity index is 1.62. The van der Waals surface area contributed by atoms with Crippen molar-refractivity contribution in [1.82, 2.24) is 4.57 Å². The number of pyridine rings is 1. The van der Waals surface area contributed by atoms with Gasteiger partial charge in [-0.1, -0.05) is 0 Å². The van der Waals surface area contributed by atoms with Gasteiger partial charge < -0.3 is 29.6 Å². The minimum atomic E-state index is -1.33. The summed E-state index contributed by atoms with van der Waals surface area (Å²) in [7, 11) is 0. The van der Waals surface area contributed by atoms with E-state index < -0.39 is 23.2 Å². The average Bonchev–Trinajstić information content (AvgIpc) is 3.52. The summed E-state index contributed by atoms with van der Waals surface area (Å²) in [6, 6.07) is 2.70. The number of carboxylic acid groups (broad SMARTS) is 2. The van der Waals surface area contributed by atoms with Crippen molar-refractivity contribution in [3.05, 3.63) is 39.9 Å².